The van der Waals surface area contributed by atoms with Crippen molar-refractivity contribution in [2.75, 3.05) is 25.1 Å². The Morgan fingerprint density at radius 1 is 1.13 bits per heavy atom. The van der Waals surface area contributed by atoms with Gasteiger partial charge < -0.3 is 25.6 Å². The molecule has 12 heteroatoms. The van der Waals surface area contributed by atoms with Gasteiger partial charge in [-0.2, -0.15) is 18.3 Å². The molecule has 4 N–H and O–H groups in total. The van der Waals surface area contributed by atoms with Gasteiger partial charge in [0.25, 0.3) is 0 Å². The number of aromatic nitrogens is 2. The average molecular weight is 444 g/mol. The number of amides is 2. The molecule has 9 nitrogen and oxygen atoms in total. The Morgan fingerprint density at radius 3 is 2.23 bits per heavy atom. The maximum Gasteiger partial charge on any atom is 0.434 e. The third-order valence-corrected chi connectivity index (χ3v) is 4.56. The second-order valence-electron chi connectivity index (χ2n) is 6.61. The van der Waals surface area contributed by atoms with E-state index in [9.17, 15) is 33.0 Å². The van der Waals surface area contributed by atoms with E-state index in [-0.39, 0.29) is 24.4 Å². The molecule has 0 spiro atoms. The number of aliphatic hydroxyl groups excluding tert-OH is 2. The fraction of sp³-hybridized carbons (Fsp3) is 0.421. The lowest BCUT2D eigenvalue weighted by Gasteiger charge is -2.29. The highest BCUT2D eigenvalue weighted by molar-refractivity contribution is 5.91. The zero-order valence-electron chi connectivity index (χ0n) is 16.9. The highest BCUT2D eigenvalue weighted by Gasteiger charge is 2.41. The van der Waals surface area contributed by atoms with Gasteiger partial charge in [-0.1, -0.05) is 6.92 Å². The zero-order chi connectivity index (χ0) is 23.2. The first-order chi connectivity index (χ1) is 14.6. The van der Waals surface area contributed by atoms with Gasteiger partial charge in [-0.3, -0.25) is 0 Å². The summed E-state index contributed by atoms with van der Waals surface area (Å²) in [6.45, 7) is 2.11. The molecular formula is C19H23F3N4O5. The molecule has 1 heterocycles. The Hall–Kier alpha value is -3.12. The lowest BCUT2D eigenvalue weighted by molar-refractivity contribution is -0.143. The molecule has 0 atom stereocenters. The van der Waals surface area contributed by atoms with Gasteiger partial charge in [0.1, 0.15) is 5.56 Å². The van der Waals surface area contributed by atoms with Crippen LogP contribution < -0.4 is 10.6 Å². The molecule has 0 aliphatic rings. The molecule has 0 aliphatic carbocycles. The summed E-state index contributed by atoms with van der Waals surface area (Å²) in [6.07, 6.45) is -3.81. The van der Waals surface area contributed by atoms with E-state index in [1.165, 1.54) is 31.2 Å². The van der Waals surface area contributed by atoms with E-state index in [0.717, 1.165) is 6.20 Å². The molecule has 0 fully saturated rings. The normalized spacial score (nSPS) is 11.8. The van der Waals surface area contributed by atoms with Gasteiger partial charge in [-0.15, -0.1) is 0 Å². The highest BCUT2D eigenvalue weighted by atomic mass is 19.4. The van der Waals surface area contributed by atoms with Crippen molar-refractivity contribution in [3.63, 3.8) is 0 Å². The summed E-state index contributed by atoms with van der Waals surface area (Å²) in [7, 11) is 0. The van der Waals surface area contributed by atoms with Crippen LogP contribution in [0, 0.1) is 0 Å². The highest BCUT2D eigenvalue weighted by Crippen LogP contribution is 2.34. The van der Waals surface area contributed by atoms with Crippen molar-refractivity contribution >= 4 is 17.7 Å². The number of alkyl halides is 3. The molecular weight excluding hydrogens is 421 g/mol. The molecule has 1 aromatic heterocycles. The molecule has 170 valence electrons. The maximum absolute atomic E-state index is 13.6. The van der Waals surface area contributed by atoms with Crippen molar-refractivity contribution in [2.24, 2.45) is 0 Å². The van der Waals surface area contributed by atoms with Crippen molar-refractivity contribution in [3.05, 3.63) is 41.7 Å². The van der Waals surface area contributed by atoms with Crippen LogP contribution in [0.25, 0.3) is 5.69 Å². The molecule has 2 aromatic rings. The van der Waals surface area contributed by atoms with E-state index in [1.54, 1.807) is 6.92 Å². The van der Waals surface area contributed by atoms with Crippen LogP contribution in [-0.4, -0.2) is 57.4 Å². The minimum absolute atomic E-state index is 0.00227. The van der Waals surface area contributed by atoms with Crippen molar-refractivity contribution < 1.29 is 37.7 Å². The lowest BCUT2D eigenvalue weighted by Crippen LogP contribution is -2.55. The molecule has 0 saturated heterocycles. The standard InChI is InChI=1S/C19H23F3N4O5/c1-3-18(10-27,11-28)25-17(30)24-12-5-7-13(8-6-12)26-15(19(20,21)22)14(9-23-26)16(29)31-4-2/h5-9,27-28H,3-4,10-11H2,1-2H3,(H2,24,25,30). The minimum Gasteiger partial charge on any atom is -0.462 e. The number of benzene rings is 1. The van der Waals surface area contributed by atoms with Crippen LogP contribution in [-0.2, 0) is 10.9 Å². The second-order valence-corrected chi connectivity index (χ2v) is 6.61. The molecule has 0 bridgehead atoms. The van der Waals surface area contributed by atoms with Gasteiger partial charge in [-0.05, 0) is 37.6 Å². The number of aliphatic hydroxyl groups is 2. The smallest absolute Gasteiger partial charge is 0.434 e. The number of hydrogen-bond acceptors (Lipinski definition) is 6. The molecule has 0 saturated carbocycles. The Balaban J connectivity index is 2.26. The summed E-state index contributed by atoms with van der Waals surface area (Å²) < 4.78 is 45.9. The fourth-order valence-electron chi connectivity index (χ4n) is 2.71. The van der Waals surface area contributed by atoms with Crippen LogP contribution in [0.15, 0.2) is 30.5 Å². The molecule has 1 aromatic carbocycles. The number of urea groups is 1. The van der Waals surface area contributed by atoms with E-state index in [4.69, 9.17) is 0 Å². The molecule has 0 radical (unpaired) electrons. The summed E-state index contributed by atoms with van der Waals surface area (Å²) in [4.78, 5) is 24.0. The Labute approximate surface area is 175 Å². The van der Waals surface area contributed by atoms with Crippen LogP contribution in [0.3, 0.4) is 0 Å². The van der Waals surface area contributed by atoms with Crippen LogP contribution in [0.1, 0.15) is 36.3 Å². The number of anilines is 1. The van der Waals surface area contributed by atoms with Gasteiger partial charge >= 0.3 is 18.2 Å². The van der Waals surface area contributed by atoms with E-state index >= 15 is 0 Å². The van der Waals surface area contributed by atoms with E-state index in [2.05, 4.69) is 20.5 Å². The summed E-state index contributed by atoms with van der Waals surface area (Å²) in [5.74, 6) is -1.14. The van der Waals surface area contributed by atoms with Gasteiger partial charge in [0, 0.05) is 5.69 Å². The molecule has 0 aliphatic heterocycles. The van der Waals surface area contributed by atoms with Crippen LogP contribution in [0.2, 0.25) is 0 Å². The second kappa shape index (κ2) is 9.79. The van der Waals surface area contributed by atoms with Crippen molar-refractivity contribution in [2.45, 2.75) is 32.0 Å². The Morgan fingerprint density at radius 2 is 1.74 bits per heavy atom. The number of nitrogens with zero attached hydrogens (tertiary/aromatic N) is 2. The van der Waals surface area contributed by atoms with Crippen LogP contribution in [0.4, 0.5) is 23.7 Å². The van der Waals surface area contributed by atoms with E-state index in [1.807, 2.05) is 0 Å². The third kappa shape index (κ3) is 5.52. The largest absolute Gasteiger partial charge is 0.462 e. The fourth-order valence-corrected chi connectivity index (χ4v) is 2.71. The van der Waals surface area contributed by atoms with Crippen molar-refractivity contribution in [1.82, 2.24) is 15.1 Å². The number of rotatable bonds is 8. The third-order valence-electron chi connectivity index (χ3n) is 4.56. The van der Waals surface area contributed by atoms with Gasteiger partial charge in [0.15, 0.2) is 5.69 Å². The summed E-state index contributed by atoms with van der Waals surface area (Å²) in [6, 6.07) is 4.52. The number of carbonyl (C=O) groups is 2. The molecule has 31 heavy (non-hydrogen) atoms. The number of ether oxygens (including phenoxy) is 1. The predicted molar refractivity (Wildman–Crippen MR) is 104 cm³/mol. The van der Waals surface area contributed by atoms with Crippen LogP contribution in [0.5, 0.6) is 0 Å². The van der Waals surface area contributed by atoms with E-state index in [0.29, 0.717) is 4.68 Å². The minimum atomic E-state index is -4.87. The number of carbonyl (C=O) groups excluding carboxylic acids is 2. The average Bonchev–Trinajstić information content (AvgIpc) is 3.19. The number of nitrogens with one attached hydrogen (secondary N) is 2. The Kier molecular flexibility index (Phi) is 7.63. The number of hydrogen-bond donors (Lipinski definition) is 4. The molecule has 2 amide bonds. The predicted octanol–water partition coefficient (Wildman–Crippen LogP) is 2.32. The zero-order valence-corrected chi connectivity index (χ0v) is 16.9. The first-order valence-corrected chi connectivity index (χ1v) is 9.34. The number of esters is 1. The lowest BCUT2D eigenvalue weighted by atomic mass is 9.99. The van der Waals surface area contributed by atoms with Gasteiger partial charge in [0.05, 0.1) is 37.2 Å². The summed E-state index contributed by atoms with van der Waals surface area (Å²) in [5, 5.41) is 27.4. The summed E-state index contributed by atoms with van der Waals surface area (Å²) >= 11 is 0. The molecule has 0 unspecified atom stereocenters. The topological polar surface area (TPSA) is 126 Å². The SMILES string of the molecule is CCOC(=O)c1cnn(-c2ccc(NC(=O)NC(CC)(CO)CO)cc2)c1C(F)(F)F. The monoisotopic (exact) mass is 444 g/mol. The van der Waals surface area contributed by atoms with Crippen molar-refractivity contribution in [1.29, 1.82) is 0 Å². The Bertz CT molecular complexity index is 900. The first kappa shape index (κ1) is 24.2. The van der Waals surface area contributed by atoms with Gasteiger partial charge in [0.2, 0.25) is 0 Å². The van der Waals surface area contributed by atoms with Gasteiger partial charge in [-0.25, -0.2) is 14.3 Å². The maximum atomic E-state index is 13.6. The van der Waals surface area contributed by atoms with E-state index < -0.39 is 48.2 Å². The van der Waals surface area contributed by atoms with Crippen LogP contribution >= 0.6 is 0 Å². The van der Waals surface area contributed by atoms with Crippen molar-refractivity contribution in [3.8, 4) is 5.69 Å². The quantitative estimate of drug-likeness (QED) is 0.463. The molecule has 2 rings (SSSR count). The number of halogens is 3. The summed E-state index contributed by atoms with van der Waals surface area (Å²) in [5.41, 5.74) is -2.94. The first-order valence-electron chi connectivity index (χ1n) is 9.34.